The molecule has 0 aliphatic heterocycles. The van der Waals surface area contributed by atoms with Gasteiger partial charge in [-0.05, 0) is 42.5 Å². The van der Waals surface area contributed by atoms with E-state index in [-0.39, 0.29) is 0 Å². The Bertz CT molecular complexity index is 1640. The van der Waals surface area contributed by atoms with Crippen molar-refractivity contribution in [3.05, 3.63) is 102 Å². The molecule has 6 heteroatoms. The predicted molar refractivity (Wildman–Crippen MR) is 127 cm³/mol. The normalized spacial score (nSPS) is 11.4. The molecule has 3 aromatic heterocycles. The molecule has 0 spiro atoms. The number of aromatic nitrogens is 4. The van der Waals surface area contributed by atoms with E-state index in [9.17, 15) is 5.21 Å². The molecule has 6 aromatic rings. The van der Waals surface area contributed by atoms with Gasteiger partial charge in [0.25, 0.3) is 0 Å². The molecule has 5 nitrogen and oxygen atoms in total. The van der Waals surface area contributed by atoms with Crippen LogP contribution >= 0.6 is 0 Å². The fourth-order valence-corrected chi connectivity index (χ4v) is 4.50. The highest BCUT2D eigenvalue weighted by Crippen LogP contribution is 2.29. The first-order chi connectivity index (χ1) is 15.7. The van der Waals surface area contributed by atoms with Crippen LogP contribution in [0.2, 0.25) is 0 Å². The maximum Gasteiger partial charge on any atom is 0.410 e. The van der Waals surface area contributed by atoms with Crippen LogP contribution in [0.25, 0.3) is 55.6 Å². The number of rotatable bonds is 2. The summed E-state index contributed by atoms with van der Waals surface area (Å²) >= 11 is 5.82. The SMILES string of the molecule is [O-][n+]1c(-c2ccccc2)[n+]([S-])c(-c2ccccc2)c2cc3cc4ccccc4nc3nc21. The van der Waals surface area contributed by atoms with E-state index >= 15 is 0 Å². The van der Waals surface area contributed by atoms with Crippen molar-refractivity contribution in [2.45, 2.75) is 0 Å². The van der Waals surface area contributed by atoms with Crippen LogP contribution in [0.5, 0.6) is 0 Å². The number of nitrogens with zero attached hydrogens (tertiary/aromatic N) is 4. The average molecular weight is 433 g/mol. The lowest BCUT2D eigenvalue weighted by Gasteiger charge is -2.18. The van der Waals surface area contributed by atoms with Gasteiger partial charge in [0.05, 0.1) is 16.5 Å². The molecule has 0 fully saturated rings. The van der Waals surface area contributed by atoms with Gasteiger partial charge in [-0.15, -0.1) is 4.73 Å². The first kappa shape index (κ1) is 18.6. The van der Waals surface area contributed by atoms with Crippen molar-refractivity contribution in [2.75, 3.05) is 0 Å². The third kappa shape index (κ3) is 2.85. The number of hydrogen-bond acceptors (Lipinski definition) is 4. The molecule has 3 aromatic carbocycles. The third-order valence-corrected chi connectivity index (χ3v) is 5.95. The van der Waals surface area contributed by atoms with E-state index in [2.05, 4.69) is 0 Å². The molecule has 152 valence electrons. The predicted octanol–water partition coefficient (Wildman–Crippen LogP) is 4.50. The summed E-state index contributed by atoms with van der Waals surface area (Å²) in [6, 6.07) is 31.2. The zero-order chi connectivity index (χ0) is 21.7. The second-order valence-corrected chi connectivity index (χ2v) is 7.95. The molecule has 0 amide bonds. The molecular formula is C26H16N4OS. The minimum Gasteiger partial charge on any atom is -0.675 e. The van der Waals surface area contributed by atoms with E-state index in [1.165, 1.54) is 0 Å². The van der Waals surface area contributed by atoms with E-state index in [0.717, 1.165) is 37.8 Å². The summed E-state index contributed by atoms with van der Waals surface area (Å²) in [6.07, 6.45) is 0. The van der Waals surface area contributed by atoms with E-state index in [1.807, 2.05) is 97.1 Å². The molecule has 0 radical (unpaired) electrons. The summed E-state index contributed by atoms with van der Waals surface area (Å²) in [7, 11) is 0. The molecular weight excluding hydrogens is 416 g/mol. The fourth-order valence-electron chi connectivity index (χ4n) is 4.12. The Hall–Kier alpha value is -4.16. The number of fused-ring (bicyclic) bond motifs is 3. The van der Waals surface area contributed by atoms with Gasteiger partial charge in [-0.25, -0.2) is 0 Å². The first-order valence-corrected chi connectivity index (χ1v) is 10.6. The standard InChI is InChI=1S/C26H16N4OS/c31-29-25-21(16-20-15-19-13-7-8-14-22(19)27-24(20)28-25)23(17-9-3-1-4-10-17)30(32)26(29)18-11-5-2-6-12-18/h1-16H. The van der Waals surface area contributed by atoms with Gasteiger partial charge < -0.3 is 22.0 Å². The molecule has 0 saturated carbocycles. The zero-order valence-electron chi connectivity index (χ0n) is 16.8. The van der Waals surface area contributed by atoms with Crippen LogP contribution in [0.15, 0.2) is 97.1 Å². The number of pyridine rings is 2. The average Bonchev–Trinajstić information content (AvgIpc) is 2.83. The lowest BCUT2D eigenvalue weighted by atomic mass is 10.1. The second kappa shape index (κ2) is 7.21. The molecule has 0 N–H and O–H groups in total. The van der Waals surface area contributed by atoms with Crippen molar-refractivity contribution in [2.24, 2.45) is 0 Å². The van der Waals surface area contributed by atoms with Crippen LogP contribution in [0, 0.1) is 5.21 Å². The van der Waals surface area contributed by atoms with Gasteiger partial charge in [-0.1, -0.05) is 54.6 Å². The van der Waals surface area contributed by atoms with Crippen molar-refractivity contribution in [1.82, 2.24) is 9.97 Å². The third-order valence-electron chi connectivity index (χ3n) is 5.60. The van der Waals surface area contributed by atoms with Gasteiger partial charge in [0.2, 0.25) is 0 Å². The van der Waals surface area contributed by atoms with Crippen LogP contribution in [-0.2, 0) is 12.8 Å². The van der Waals surface area contributed by atoms with Crippen LogP contribution in [0.3, 0.4) is 0 Å². The quantitative estimate of drug-likeness (QED) is 0.175. The fraction of sp³-hybridized carbons (Fsp3) is 0. The molecule has 0 bridgehead atoms. The van der Waals surface area contributed by atoms with Crippen LogP contribution in [0.1, 0.15) is 0 Å². The van der Waals surface area contributed by atoms with Crippen molar-refractivity contribution in [1.29, 1.82) is 0 Å². The van der Waals surface area contributed by atoms with E-state index in [1.54, 1.807) is 3.97 Å². The van der Waals surface area contributed by atoms with Crippen LogP contribution < -0.4 is 8.70 Å². The van der Waals surface area contributed by atoms with Gasteiger partial charge >= 0.3 is 17.1 Å². The highest BCUT2D eigenvalue weighted by molar-refractivity contribution is 7.51. The van der Waals surface area contributed by atoms with E-state index in [0.29, 0.717) is 22.5 Å². The second-order valence-electron chi connectivity index (χ2n) is 7.58. The summed E-state index contributed by atoms with van der Waals surface area (Å²) in [4.78, 5) is 9.42. The Balaban J connectivity index is 1.79. The molecule has 0 saturated heterocycles. The van der Waals surface area contributed by atoms with Crippen LogP contribution in [0.4, 0.5) is 0 Å². The van der Waals surface area contributed by atoms with Gasteiger partial charge in [0.1, 0.15) is 5.39 Å². The summed E-state index contributed by atoms with van der Waals surface area (Å²) in [5.41, 5.74) is 4.05. The number of hydrogen-bond donors (Lipinski definition) is 0. The zero-order valence-corrected chi connectivity index (χ0v) is 17.7. The van der Waals surface area contributed by atoms with Crippen molar-refractivity contribution < 1.29 is 8.70 Å². The molecule has 0 atom stereocenters. The highest BCUT2D eigenvalue weighted by atomic mass is 32.1. The summed E-state index contributed by atoms with van der Waals surface area (Å²) in [5, 5.41) is 16.1. The molecule has 0 unspecified atom stereocenters. The monoisotopic (exact) mass is 432 g/mol. The minimum absolute atomic E-state index is 0.291. The van der Waals surface area contributed by atoms with Crippen molar-refractivity contribution in [3.63, 3.8) is 0 Å². The van der Waals surface area contributed by atoms with Crippen molar-refractivity contribution >= 4 is 45.8 Å². The van der Waals surface area contributed by atoms with Crippen molar-refractivity contribution in [3.8, 4) is 22.6 Å². The Kier molecular flexibility index (Phi) is 4.19. The van der Waals surface area contributed by atoms with Gasteiger partial charge in [-0.3, -0.25) is 0 Å². The summed E-state index contributed by atoms with van der Waals surface area (Å²) in [6.45, 7) is 0. The van der Waals surface area contributed by atoms with E-state index < -0.39 is 0 Å². The Morgan fingerprint density at radius 1 is 0.688 bits per heavy atom. The number of benzene rings is 3. The molecule has 0 aliphatic rings. The topological polar surface area (TPSA) is 56.6 Å². The minimum atomic E-state index is 0.291. The van der Waals surface area contributed by atoms with Gasteiger partial charge in [0, 0.05) is 15.9 Å². The maximum atomic E-state index is 13.6. The molecule has 0 aliphatic carbocycles. The lowest BCUT2D eigenvalue weighted by Crippen LogP contribution is -2.47. The number of para-hydroxylation sites is 1. The van der Waals surface area contributed by atoms with E-state index in [4.69, 9.17) is 22.8 Å². The first-order valence-electron chi connectivity index (χ1n) is 10.2. The van der Waals surface area contributed by atoms with Gasteiger partial charge in [0.15, 0.2) is 5.69 Å². The highest BCUT2D eigenvalue weighted by Gasteiger charge is 2.28. The van der Waals surface area contributed by atoms with Crippen LogP contribution in [-0.4, -0.2) is 9.97 Å². The lowest BCUT2D eigenvalue weighted by molar-refractivity contribution is -0.659. The Morgan fingerprint density at radius 2 is 1.34 bits per heavy atom. The Labute approximate surface area is 189 Å². The molecule has 32 heavy (non-hydrogen) atoms. The Morgan fingerprint density at radius 3 is 2.09 bits per heavy atom. The van der Waals surface area contributed by atoms with Gasteiger partial charge in [-0.2, -0.15) is 4.98 Å². The smallest absolute Gasteiger partial charge is 0.410 e. The molecule has 6 rings (SSSR count). The summed E-state index contributed by atoms with van der Waals surface area (Å²) < 4.78 is 2.36. The maximum absolute atomic E-state index is 13.6. The summed E-state index contributed by atoms with van der Waals surface area (Å²) in [5.74, 6) is 0.347. The largest absolute Gasteiger partial charge is 0.675 e. The molecule has 3 heterocycles.